The monoisotopic (exact) mass is 369 g/mol. The molecule has 0 aliphatic carbocycles. The quantitative estimate of drug-likeness (QED) is 0.899. The standard InChI is InChI=1S/C14H16BrN3O2S/c1-10-4-5-11(15)8-13(10)21(19,20)17-12-6-7-14(16-9-12)18(2)3/h4-9,17H,1-3H3. The molecule has 0 saturated heterocycles. The molecule has 0 unspecified atom stereocenters. The summed E-state index contributed by atoms with van der Waals surface area (Å²) in [5.41, 5.74) is 1.11. The highest BCUT2D eigenvalue weighted by Gasteiger charge is 2.17. The van der Waals surface area contributed by atoms with Crippen LogP contribution in [-0.2, 0) is 10.0 Å². The van der Waals surface area contributed by atoms with E-state index in [0.29, 0.717) is 11.3 Å². The Morgan fingerprint density at radius 2 is 1.90 bits per heavy atom. The van der Waals surface area contributed by atoms with E-state index in [1.807, 2.05) is 25.1 Å². The van der Waals surface area contributed by atoms with Crippen LogP contribution in [0, 0.1) is 6.92 Å². The minimum Gasteiger partial charge on any atom is -0.363 e. The van der Waals surface area contributed by atoms with E-state index in [2.05, 4.69) is 25.6 Å². The van der Waals surface area contributed by atoms with E-state index in [1.54, 1.807) is 31.2 Å². The molecule has 0 atom stereocenters. The summed E-state index contributed by atoms with van der Waals surface area (Å²) in [6.45, 7) is 1.76. The molecule has 0 radical (unpaired) electrons. The fraction of sp³-hybridized carbons (Fsp3) is 0.214. The van der Waals surface area contributed by atoms with Crippen molar-refractivity contribution in [1.82, 2.24) is 4.98 Å². The molecule has 21 heavy (non-hydrogen) atoms. The third-order valence-electron chi connectivity index (χ3n) is 2.90. The highest BCUT2D eigenvalue weighted by atomic mass is 79.9. The van der Waals surface area contributed by atoms with Gasteiger partial charge in [0.25, 0.3) is 10.0 Å². The Morgan fingerprint density at radius 3 is 2.48 bits per heavy atom. The third-order valence-corrected chi connectivity index (χ3v) is 4.91. The molecule has 1 N–H and O–H groups in total. The average molecular weight is 370 g/mol. The first-order valence-electron chi connectivity index (χ1n) is 6.22. The summed E-state index contributed by atoms with van der Waals surface area (Å²) < 4.78 is 28.1. The molecule has 7 heteroatoms. The van der Waals surface area contributed by atoms with Crippen LogP contribution in [0.3, 0.4) is 0 Å². The van der Waals surface area contributed by atoms with Crippen LogP contribution in [0.2, 0.25) is 0 Å². The lowest BCUT2D eigenvalue weighted by molar-refractivity contribution is 0.600. The molecule has 2 aromatic rings. The number of sulfonamides is 1. The third kappa shape index (κ3) is 3.74. The molecular weight excluding hydrogens is 354 g/mol. The first kappa shape index (κ1) is 15.8. The number of halogens is 1. The lowest BCUT2D eigenvalue weighted by Crippen LogP contribution is -2.15. The Kier molecular flexibility index (Phi) is 4.53. The van der Waals surface area contributed by atoms with Gasteiger partial charge in [-0.15, -0.1) is 0 Å². The molecule has 0 amide bonds. The Balaban J connectivity index is 2.31. The summed E-state index contributed by atoms with van der Waals surface area (Å²) in [5.74, 6) is 0.761. The number of aryl methyl sites for hydroxylation is 1. The Labute approximate surface area is 133 Å². The van der Waals surface area contributed by atoms with Crippen molar-refractivity contribution in [2.24, 2.45) is 0 Å². The summed E-state index contributed by atoms with van der Waals surface area (Å²) >= 11 is 3.29. The first-order chi connectivity index (χ1) is 9.79. The van der Waals surface area contributed by atoms with Crippen molar-refractivity contribution < 1.29 is 8.42 Å². The summed E-state index contributed by atoms with van der Waals surface area (Å²) in [4.78, 5) is 6.27. The van der Waals surface area contributed by atoms with Crippen molar-refractivity contribution in [3.8, 4) is 0 Å². The largest absolute Gasteiger partial charge is 0.363 e. The van der Waals surface area contributed by atoms with Crippen molar-refractivity contribution in [1.29, 1.82) is 0 Å². The van der Waals surface area contributed by atoms with E-state index >= 15 is 0 Å². The van der Waals surface area contributed by atoms with Crippen LogP contribution in [0.25, 0.3) is 0 Å². The minimum absolute atomic E-state index is 0.244. The zero-order valence-corrected chi connectivity index (χ0v) is 14.4. The summed E-state index contributed by atoms with van der Waals surface area (Å²) in [7, 11) is 0.111. The lowest BCUT2D eigenvalue weighted by atomic mass is 10.2. The molecule has 0 fully saturated rings. The van der Waals surface area contributed by atoms with Gasteiger partial charge in [-0.05, 0) is 36.8 Å². The van der Waals surface area contributed by atoms with Crippen LogP contribution in [0.1, 0.15) is 5.56 Å². The average Bonchev–Trinajstić information content (AvgIpc) is 2.41. The van der Waals surface area contributed by atoms with Gasteiger partial charge in [0.2, 0.25) is 0 Å². The number of hydrogen-bond acceptors (Lipinski definition) is 4. The molecule has 1 aromatic carbocycles. The second kappa shape index (κ2) is 6.03. The maximum absolute atomic E-state index is 12.4. The molecule has 0 saturated carbocycles. The van der Waals surface area contributed by atoms with E-state index in [9.17, 15) is 8.42 Å². The molecule has 1 aromatic heterocycles. The van der Waals surface area contributed by atoms with Crippen molar-refractivity contribution in [2.45, 2.75) is 11.8 Å². The Morgan fingerprint density at radius 1 is 1.19 bits per heavy atom. The predicted molar refractivity (Wildman–Crippen MR) is 88.3 cm³/mol. The van der Waals surface area contributed by atoms with Gasteiger partial charge >= 0.3 is 0 Å². The first-order valence-corrected chi connectivity index (χ1v) is 8.49. The summed E-state index contributed by atoms with van der Waals surface area (Å²) in [5, 5.41) is 0. The topological polar surface area (TPSA) is 62.3 Å². The van der Waals surface area contributed by atoms with Gasteiger partial charge in [0.15, 0.2) is 0 Å². The second-order valence-electron chi connectivity index (χ2n) is 4.81. The fourth-order valence-electron chi connectivity index (χ4n) is 1.78. The maximum Gasteiger partial charge on any atom is 0.262 e. The number of nitrogens with zero attached hydrogens (tertiary/aromatic N) is 2. The Hall–Kier alpha value is -1.60. The lowest BCUT2D eigenvalue weighted by Gasteiger charge is -2.13. The number of benzene rings is 1. The molecular formula is C14H16BrN3O2S. The van der Waals surface area contributed by atoms with Gasteiger partial charge in [0.05, 0.1) is 16.8 Å². The highest BCUT2D eigenvalue weighted by Crippen LogP contribution is 2.23. The summed E-state index contributed by atoms with van der Waals surface area (Å²) in [6, 6.07) is 8.59. The van der Waals surface area contributed by atoms with Gasteiger partial charge < -0.3 is 4.90 Å². The van der Waals surface area contributed by atoms with E-state index in [0.717, 1.165) is 10.3 Å². The molecule has 5 nitrogen and oxygen atoms in total. The maximum atomic E-state index is 12.4. The number of pyridine rings is 1. The number of aromatic nitrogens is 1. The van der Waals surface area contributed by atoms with Gasteiger partial charge in [-0.25, -0.2) is 13.4 Å². The zero-order chi connectivity index (χ0) is 15.6. The molecule has 112 valence electrons. The zero-order valence-electron chi connectivity index (χ0n) is 12.0. The number of nitrogens with one attached hydrogen (secondary N) is 1. The van der Waals surface area contributed by atoms with Crippen LogP contribution in [0.5, 0.6) is 0 Å². The molecule has 2 rings (SSSR count). The van der Waals surface area contributed by atoms with Crippen LogP contribution in [0.15, 0.2) is 45.9 Å². The second-order valence-corrected chi connectivity index (χ2v) is 7.38. The molecule has 0 aliphatic rings. The van der Waals surface area contributed by atoms with Gasteiger partial charge in [-0.1, -0.05) is 22.0 Å². The van der Waals surface area contributed by atoms with Crippen LogP contribution in [0.4, 0.5) is 11.5 Å². The van der Waals surface area contributed by atoms with Gasteiger partial charge in [0.1, 0.15) is 5.82 Å². The van der Waals surface area contributed by atoms with E-state index < -0.39 is 10.0 Å². The minimum atomic E-state index is -3.63. The van der Waals surface area contributed by atoms with Crippen molar-refractivity contribution in [2.75, 3.05) is 23.7 Å². The fourth-order valence-corrected chi connectivity index (χ4v) is 3.61. The van der Waals surface area contributed by atoms with Crippen molar-refractivity contribution in [3.05, 3.63) is 46.6 Å². The molecule has 0 spiro atoms. The van der Waals surface area contributed by atoms with Crippen LogP contribution in [-0.4, -0.2) is 27.5 Å². The van der Waals surface area contributed by atoms with Gasteiger partial charge in [-0.2, -0.15) is 0 Å². The smallest absolute Gasteiger partial charge is 0.262 e. The van der Waals surface area contributed by atoms with E-state index in [4.69, 9.17) is 0 Å². The molecule has 0 bridgehead atoms. The Bertz CT molecular complexity index is 743. The SMILES string of the molecule is Cc1ccc(Br)cc1S(=O)(=O)Nc1ccc(N(C)C)nc1. The van der Waals surface area contributed by atoms with Gasteiger partial charge in [-0.3, -0.25) is 4.72 Å². The normalized spacial score (nSPS) is 11.2. The highest BCUT2D eigenvalue weighted by molar-refractivity contribution is 9.10. The van der Waals surface area contributed by atoms with E-state index in [1.165, 1.54) is 6.20 Å². The van der Waals surface area contributed by atoms with Crippen molar-refractivity contribution >= 4 is 37.5 Å². The number of rotatable bonds is 4. The van der Waals surface area contributed by atoms with Gasteiger partial charge in [0, 0.05) is 18.6 Å². The summed E-state index contributed by atoms with van der Waals surface area (Å²) in [6.07, 6.45) is 1.50. The van der Waals surface area contributed by atoms with E-state index in [-0.39, 0.29) is 4.90 Å². The number of hydrogen-bond donors (Lipinski definition) is 1. The number of anilines is 2. The molecule has 1 heterocycles. The van der Waals surface area contributed by atoms with Crippen LogP contribution >= 0.6 is 15.9 Å². The predicted octanol–water partition coefficient (Wildman–Crippen LogP) is 3.02. The van der Waals surface area contributed by atoms with Crippen molar-refractivity contribution in [3.63, 3.8) is 0 Å². The van der Waals surface area contributed by atoms with Crippen LogP contribution < -0.4 is 9.62 Å². The molecule has 0 aliphatic heterocycles.